The van der Waals surface area contributed by atoms with E-state index in [1.807, 2.05) is 0 Å². The molecule has 0 spiro atoms. The van der Waals surface area contributed by atoms with E-state index < -0.39 is 5.97 Å². The summed E-state index contributed by atoms with van der Waals surface area (Å²) in [5.74, 6) is -1.13. The first-order chi connectivity index (χ1) is 8.95. The monoisotopic (exact) mass is 281 g/mol. The highest BCUT2D eigenvalue weighted by atomic mass is 35.5. The number of aromatic carboxylic acids is 1. The predicted molar refractivity (Wildman–Crippen MR) is 71.2 cm³/mol. The standard InChI is InChI=1S/C13H12ClNO4/c1-3-19-15-6-10-9(4-8(16)5-11(10)14)12(7(15)2)13(17)18/h4-6H,3H2,1-2H3,(H,17,18). The van der Waals surface area contributed by atoms with Crippen LogP contribution in [-0.2, 0) is 0 Å². The van der Waals surface area contributed by atoms with Gasteiger partial charge in [-0.1, -0.05) is 11.6 Å². The number of nitrogens with zero attached hydrogens (tertiary/aromatic N) is 1. The Morgan fingerprint density at radius 1 is 1.42 bits per heavy atom. The molecule has 19 heavy (non-hydrogen) atoms. The van der Waals surface area contributed by atoms with Crippen LogP contribution in [0.1, 0.15) is 23.0 Å². The van der Waals surface area contributed by atoms with E-state index in [0.29, 0.717) is 23.4 Å². The minimum absolute atomic E-state index is 0.0190. The summed E-state index contributed by atoms with van der Waals surface area (Å²) < 4.78 is 1.36. The van der Waals surface area contributed by atoms with E-state index in [9.17, 15) is 14.7 Å². The Morgan fingerprint density at radius 2 is 2.11 bits per heavy atom. The summed E-state index contributed by atoms with van der Waals surface area (Å²) in [5.41, 5.74) is 0.888. The van der Waals surface area contributed by atoms with Crippen molar-refractivity contribution in [1.82, 2.24) is 4.73 Å². The van der Waals surface area contributed by atoms with Gasteiger partial charge in [0.25, 0.3) is 0 Å². The second-order valence-electron chi connectivity index (χ2n) is 4.00. The van der Waals surface area contributed by atoms with E-state index in [2.05, 4.69) is 0 Å². The molecule has 2 aliphatic rings. The van der Waals surface area contributed by atoms with Crippen molar-refractivity contribution in [2.45, 2.75) is 13.8 Å². The number of hydrogen-bond donors (Lipinski definition) is 1. The third-order valence-electron chi connectivity index (χ3n) is 2.79. The fourth-order valence-electron chi connectivity index (χ4n) is 1.99. The zero-order chi connectivity index (χ0) is 14.2. The van der Waals surface area contributed by atoms with Crippen LogP contribution in [0.5, 0.6) is 0 Å². The van der Waals surface area contributed by atoms with Gasteiger partial charge >= 0.3 is 5.97 Å². The molecule has 0 aromatic rings. The molecule has 100 valence electrons. The summed E-state index contributed by atoms with van der Waals surface area (Å²) in [4.78, 5) is 28.2. The first kappa shape index (κ1) is 13.4. The van der Waals surface area contributed by atoms with Crippen molar-refractivity contribution in [1.29, 1.82) is 0 Å². The third kappa shape index (κ3) is 2.29. The van der Waals surface area contributed by atoms with Crippen LogP contribution in [0, 0.1) is 6.92 Å². The number of halogens is 1. The Kier molecular flexibility index (Phi) is 3.48. The van der Waals surface area contributed by atoms with Crippen molar-refractivity contribution in [3.8, 4) is 11.1 Å². The van der Waals surface area contributed by atoms with E-state index in [1.165, 1.54) is 16.9 Å². The minimum atomic E-state index is -1.13. The second-order valence-corrected chi connectivity index (χ2v) is 4.41. The summed E-state index contributed by atoms with van der Waals surface area (Å²) in [6.07, 6.45) is 1.59. The SMILES string of the molecule is CCOn1cc2c(Cl)cc(=O)cc-2c(C(=O)O)c1C. The lowest BCUT2D eigenvalue weighted by molar-refractivity contribution is 0.0684. The van der Waals surface area contributed by atoms with Gasteiger partial charge in [0.1, 0.15) is 6.61 Å². The number of hydrogen-bond acceptors (Lipinski definition) is 3. The summed E-state index contributed by atoms with van der Waals surface area (Å²) in [6.45, 7) is 3.79. The van der Waals surface area contributed by atoms with E-state index in [0.717, 1.165) is 0 Å². The maximum atomic E-state index is 11.5. The highest BCUT2D eigenvalue weighted by Crippen LogP contribution is 2.32. The van der Waals surface area contributed by atoms with Crippen LogP contribution in [0.4, 0.5) is 0 Å². The molecule has 0 unspecified atom stereocenters. The average Bonchev–Trinajstić information content (AvgIpc) is 2.30. The number of carboxylic acids is 1. The lowest BCUT2D eigenvalue weighted by Gasteiger charge is -2.19. The first-order valence-corrected chi connectivity index (χ1v) is 6.05. The van der Waals surface area contributed by atoms with E-state index in [1.54, 1.807) is 20.0 Å². The molecule has 2 rings (SSSR count). The molecular weight excluding hydrogens is 270 g/mol. The fraction of sp³-hybridized carbons (Fsp3) is 0.231. The van der Waals surface area contributed by atoms with Crippen molar-refractivity contribution in [3.05, 3.63) is 44.8 Å². The smallest absolute Gasteiger partial charge is 0.338 e. The van der Waals surface area contributed by atoms with Gasteiger partial charge in [0.05, 0.1) is 22.5 Å². The van der Waals surface area contributed by atoms with Gasteiger partial charge in [-0.15, -0.1) is 0 Å². The lowest BCUT2D eigenvalue weighted by Crippen LogP contribution is -2.20. The summed E-state index contributed by atoms with van der Waals surface area (Å²) in [7, 11) is 0. The topological polar surface area (TPSA) is 68.5 Å². The quantitative estimate of drug-likeness (QED) is 0.935. The molecular formula is C13H12ClNO4. The van der Waals surface area contributed by atoms with Crippen molar-refractivity contribution in [3.63, 3.8) is 0 Å². The molecule has 0 aromatic carbocycles. The van der Waals surface area contributed by atoms with Gasteiger partial charge < -0.3 is 9.94 Å². The Balaban J connectivity index is 2.91. The Hall–Kier alpha value is -2.01. The highest BCUT2D eigenvalue weighted by molar-refractivity contribution is 6.33. The predicted octanol–water partition coefficient (Wildman–Crippen LogP) is 2.06. The van der Waals surface area contributed by atoms with Crippen LogP contribution in [0.2, 0.25) is 5.02 Å². The Bertz CT molecular complexity index is 677. The normalized spacial score (nSPS) is 10.7. The Morgan fingerprint density at radius 3 is 2.68 bits per heavy atom. The molecule has 1 aliphatic carbocycles. The van der Waals surface area contributed by atoms with Crippen LogP contribution < -0.4 is 10.3 Å². The molecule has 0 saturated heterocycles. The maximum absolute atomic E-state index is 11.5. The molecule has 5 nitrogen and oxygen atoms in total. The number of benzene rings is 1. The lowest BCUT2D eigenvalue weighted by atomic mass is 9.98. The van der Waals surface area contributed by atoms with Crippen molar-refractivity contribution in [2.24, 2.45) is 0 Å². The van der Waals surface area contributed by atoms with Crippen LogP contribution >= 0.6 is 11.6 Å². The van der Waals surface area contributed by atoms with Crippen LogP contribution in [0.25, 0.3) is 11.1 Å². The molecule has 0 saturated carbocycles. The zero-order valence-corrected chi connectivity index (χ0v) is 11.2. The number of carboxylic acid groups (broad SMARTS) is 1. The largest absolute Gasteiger partial charge is 0.478 e. The fourth-order valence-corrected chi connectivity index (χ4v) is 2.25. The van der Waals surface area contributed by atoms with E-state index in [4.69, 9.17) is 16.4 Å². The summed E-state index contributed by atoms with van der Waals surface area (Å²) in [5, 5.41) is 9.53. The highest BCUT2D eigenvalue weighted by Gasteiger charge is 2.22. The average molecular weight is 282 g/mol. The van der Waals surface area contributed by atoms with Gasteiger partial charge in [0.2, 0.25) is 0 Å². The third-order valence-corrected chi connectivity index (χ3v) is 3.11. The minimum Gasteiger partial charge on any atom is -0.478 e. The van der Waals surface area contributed by atoms with Crippen LogP contribution in [0.15, 0.2) is 23.1 Å². The van der Waals surface area contributed by atoms with Gasteiger partial charge in [-0.2, -0.15) is 4.73 Å². The van der Waals surface area contributed by atoms with E-state index in [-0.39, 0.29) is 16.0 Å². The maximum Gasteiger partial charge on any atom is 0.338 e. The molecule has 0 fully saturated rings. The Labute approximate surface area is 114 Å². The van der Waals surface area contributed by atoms with Crippen molar-refractivity contribution >= 4 is 17.6 Å². The van der Waals surface area contributed by atoms with Crippen LogP contribution in [0.3, 0.4) is 0 Å². The van der Waals surface area contributed by atoms with Gasteiger partial charge in [-0.25, -0.2) is 4.79 Å². The summed E-state index contributed by atoms with van der Waals surface area (Å²) in [6, 6.07) is 2.52. The van der Waals surface area contributed by atoms with Crippen molar-refractivity contribution < 1.29 is 14.7 Å². The molecule has 1 N–H and O–H groups in total. The second kappa shape index (κ2) is 4.93. The van der Waals surface area contributed by atoms with Gasteiger partial charge in [0.15, 0.2) is 5.43 Å². The molecule has 0 atom stereocenters. The van der Waals surface area contributed by atoms with Crippen LogP contribution in [-0.4, -0.2) is 22.4 Å². The number of pyridine rings is 1. The molecule has 0 radical (unpaired) electrons. The van der Waals surface area contributed by atoms with E-state index >= 15 is 0 Å². The number of rotatable bonds is 3. The first-order valence-electron chi connectivity index (χ1n) is 5.67. The molecule has 0 amide bonds. The van der Waals surface area contributed by atoms with Crippen molar-refractivity contribution in [2.75, 3.05) is 6.61 Å². The molecule has 0 bridgehead atoms. The molecule has 6 heteroatoms. The van der Waals surface area contributed by atoms with Gasteiger partial charge in [0, 0.05) is 17.2 Å². The molecule has 1 aliphatic heterocycles. The summed E-state index contributed by atoms with van der Waals surface area (Å²) >= 11 is 6.00. The molecule has 0 aromatic heterocycles. The number of fused-ring (bicyclic) bond motifs is 1. The number of aromatic nitrogens is 1. The van der Waals surface area contributed by atoms with Gasteiger partial charge in [-0.3, -0.25) is 4.79 Å². The van der Waals surface area contributed by atoms with Gasteiger partial charge in [-0.05, 0) is 19.9 Å². The molecule has 1 heterocycles. The zero-order valence-electron chi connectivity index (χ0n) is 10.4. The number of carbonyl (C=O) groups is 1.